The number of hydrogen-bond acceptors (Lipinski definition) is 3. The van der Waals surface area contributed by atoms with Gasteiger partial charge in [-0.15, -0.1) is 0 Å². The molecule has 1 aromatic rings. The fraction of sp³-hybridized carbons (Fsp3) is 0.417. The first-order valence-electron chi connectivity index (χ1n) is 4.93. The molecule has 0 fully saturated rings. The summed E-state index contributed by atoms with van der Waals surface area (Å²) in [4.78, 5) is 11.0. The second kappa shape index (κ2) is 4.82. The molecule has 82 valence electrons. The van der Waals surface area contributed by atoms with Crippen molar-refractivity contribution in [2.45, 2.75) is 20.8 Å². The Morgan fingerprint density at radius 2 is 1.93 bits per heavy atom. The molecule has 0 spiro atoms. The van der Waals surface area contributed by atoms with Gasteiger partial charge in [-0.2, -0.15) is 0 Å². The zero-order valence-electron chi connectivity index (χ0n) is 9.68. The van der Waals surface area contributed by atoms with Crippen molar-refractivity contribution in [3.8, 4) is 0 Å². The smallest absolute Gasteiger partial charge is 0.325 e. The van der Waals surface area contributed by atoms with Crippen molar-refractivity contribution in [1.29, 1.82) is 0 Å². The second-order valence-corrected chi connectivity index (χ2v) is 3.61. The summed E-state index contributed by atoms with van der Waals surface area (Å²) in [6.07, 6.45) is 0. The molecule has 3 heteroatoms. The van der Waals surface area contributed by atoms with E-state index in [4.69, 9.17) is 0 Å². The lowest BCUT2D eigenvalue weighted by molar-refractivity contribution is -0.138. The minimum atomic E-state index is -0.257. The van der Waals surface area contributed by atoms with Crippen LogP contribution in [0.15, 0.2) is 12.1 Å². The molecule has 1 rings (SSSR count). The summed E-state index contributed by atoms with van der Waals surface area (Å²) >= 11 is 0. The maximum Gasteiger partial charge on any atom is 0.325 e. The van der Waals surface area contributed by atoms with Crippen LogP contribution >= 0.6 is 0 Å². The average Bonchev–Trinajstić information content (AvgIpc) is 2.24. The molecule has 0 aliphatic carbocycles. The van der Waals surface area contributed by atoms with Gasteiger partial charge < -0.3 is 10.1 Å². The predicted octanol–water partition coefficient (Wildman–Crippen LogP) is 2.20. The Labute approximate surface area is 90.4 Å². The zero-order chi connectivity index (χ0) is 11.4. The van der Waals surface area contributed by atoms with E-state index >= 15 is 0 Å². The van der Waals surface area contributed by atoms with Crippen LogP contribution < -0.4 is 5.32 Å². The number of carbonyl (C=O) groups excluding carboxylic acids is 1. The van der Waals surface area contributed by atoms with Crippen molar-refractivity contribution in [3.05, 3.63) is 28.8 Å². The van der Waals surface area contributed by atoms with Crippen molar-refractivity contribution in [1.82, 2.24) is 0 Å². The van der Waals surface area contributed by atoms with E-state index in [1.807, 2.05) is 19.1 Å². The Kier molecular flexibility index (Phi) is 3.72. The molecule has 1 aromatic carbocycles. The minimum absolute atomic E-state index is 0.208. The van der Waals surface area contributed by atoms with E-state index in [0.29, 0.717) is 0 Å². The van der Waals surface area contributed by atoms with E-state index in [0.717, 1.165) is 5.69 Å². The second-order valence-electron chi connectivity index (χ2n) is 3.61. The number of aryl methyl sites for hydroxylation is 1. The van der Waals surface area contributed by atoms with Crippen LogP contribution in [0.4, 0.5) is 5.69 Å². The number of rotatable bonds is 3. The molecule has 0 saturated heterocycles. The number of ether oxygens (including phenoxy) is 1. The third-order valence-corrected chi connectivity index (χ3v) is 2.71. The Morgan fingerprint density at radius 3 is 2.53 bits per heavy atom. The van der Waals surface area contributed by atoms with Gasteiger partial charge in [0.05, 0.1) is 7.11 Å². The van der Waals surface area contributed by atoms with Crippen LogP contribution in [-0.4, -0.2) is 19.6 Å². The maximum absolute atomic E-state index is 11.0. The number of benzene rings is 1. The van der Waals surface area contributed by atoms with Crippen LogP contribution in [0.25, 0.3) is 0 Å². The lowest BCUT2D eigenvalue weighted by Crippen LogP contribution is -2.15. The third-order valence-electron chi connectivity index (χ3n) is 2.71. The van der Waals surface area contributed by atoms with E-state index < -0.39 is 0 Å². The van der Waals surface area contributed by atoms with Crippen LogP contribution in [0.3, 0.4) is 0 Å². The molecule has 0 heterocycles. The summed E-state index contributed by atoms with van der Waals surface area (Å²) in [5.74, 6) is -0.257. The molecular formula is C12H17NO2. The quantitative estimate of drug-likeness (QED) is 0.772. The van der Waals surface area contributed by atoms with Gasteiger partial charge in [-0.25, -0.2) is 0 Å². The SMILES string of the molecule is COC(=O)CNc1ccc(C)c(C)c1C. The first kappa shape index (κ1) is 11.6. The predicted molar refractivity (Wildman–Crippen MR) is 61.2 cm³/mol. The van der Waals surface area contributed by atoms with Crippen molar-refractivity contribution in [2.24, 2.45) is 0 Å². The fourth-order valence-corrected chi connectivity index (χ4v) is 1.39. The number of hydrogen-bond donors (Lipinski definition) is 1. The third kappa shape index (κ3) is 2.72. The molecule has 0 bridgehead atoms. The molecule has 3 nitrogen and oxygen atoms in total. The summed E-state index contributed by atoms with van der Waals surface area (Å²) in [7, 11) is 1.39. The van der Waals surface area contributed by atoms with E-state index in [9.17, 15) is 4.79 Å². The molecule has 0 aliphatic heterocycles. The van der Waals surface area contributed by atoms with Crippen LogP contribution in [0, 0.1) is 20.8 Å². The first-order chi connectivity index (χ1) is 7.06. The standard InChI is InChI=1S/C12H17NO2/c1-8-5-6-11(10(3)9(8)2)13-7-12(14)15-4/h5-6,13H,7H2,1-4H3. The highest BCUT2D eigenvalue weighted by atomic mass is 16.5. The number of esters is 1. The topological polar surface area (TPSA) is 38.3 Å². The maximum atomic E-state index is 11.0. The molecule has 0 unspecified atom stereocenters. The highest BCUT2D eigenvalue weighted by Gasteiger charge is 2.05. The van der Waals surface area contributed by atoms with Crippen molar-refractivity contribution in [2.75, 3.05) is 19.0 Å². The summed E-state index contributed by atoms with van der Waals surface area (Å²) < 4.78 is 4.56. The van der Waals surface area contributed by atoms with Crippen LogP contribution in [0.5, 0.6) is 0 Å². The van der Waals surface area contributed by atoms with Gasteiger partial charge in [-0.05, 0) is 43.5 Å². The molecule has 0 aliphatic rings. The minimum Gasteiger partial charge on any atom is -0.468 e. The fourth-order valence-electron chi connectivity index (χ4n) is 1.39. The van der Waals surface area contributed by atoms with Gasteiger partial charge in [0.2, 0.25) is 0 Å². The van der Waals surface area contributed by atoms with Crippen molar-refractivity contribution >= 4 is 11.7 Å². The van der Waals surface area contributed by atoms with Gasteiger partial charge >= 0.3 is 5.97 Å². The lowest BCUT2D eigenvalue weighted by atomic mass is 10.0. The highest BCUT2D eigenvalue weighted by Crippen LogP contribution is 2.21. The average molecular weight is 207 g/mol. The molecule has 0 aromatic heterocycles. The van der Waals surface area contributed by atoms with Gasteiger partial charge in [0.15, 0.2) is 0 Å². The van der Waals surface area contributed by atoms with E-state index in [1.165, 1.54) is 23.8 Å². The van der Waals surface area contributed by atoms with E-state index in [-0.39, 0.29) is 12.5 Å². The number of anilines is 1. The molecule has 1 N–H and O–H groups in total. The summed E-state index contributed by atoms with van der Waals surface area (Å²) in [5.41, 5.74) is 4.68. The molecule has 15 heavy (non-hydrogen) atoms. The normalized spacial score (nSPS) is 9.87. The molecule has 0 amide bonds. The van der Waals surface area contributed by atoms with Crippen LogP contribution in [0.2, 0.25) is 0 Å². The molecule has 0 radical (unpaired) electrons. The van der Waals surface area contributed by atoms with Crippen molar-refractivity contribution < 1.29 is 9.53 Å². The molecule has 0 saturated carbocycles. The van der Waals surface area contributed by atoms with Gasteiger partial charge in [-0.1, -0.05) is 6.07 Å². The Bertz CT molecular complexity index is 372. The van der Waals surface area contributed by atoms with Gasteiger partial charge in [-0.3, -0.25) is 4.79 Å². The Morgan fingerprint density at radius 1 is 1.27 bits per heavy atom. The van der Waals surface area contributed by atoms with Gasteiger partial charge in [0, 0.05) is 5.69 Å². The monoisotopic (exact) mass is 207 g/mol. The zero-order valence-corrected chi connectivity index (χ0v) is 9.68. The summed E-state index contributed by atoms with van der Waals surface area (Å²) in [6.45, 7) is 6.40. The van der Waals surface area contributed by atoms with E-state index in [1.54, 1.807) is 0 Å². The van der Waals surface area contributed by atoms with Gasteiger partial charge in [0.25, 0.3) is 0 Å². The number of methoxy groups -OCH3 is 1. The Balaban J connectivity index is 2.78. The van der Waals surface area contributed by atoms with Crippen LogP contribution in [0.1, 0.15) is 16.7 Å². The molecule has 0 atom stereocenters. The first-order valence-corrected chi connectivity index (χ1v) is 4.93. The largest absolute Gasteiger partial charge is 0.468 e. The van der Waals surface area contributed by atoms with Crippen LogP contribution in [-0.2, 0) is 9.53 Å². The summed E-state index contributed by atoms with van der Waals surface area (Å²) in [5, 5.41) is 3.06. The highest BCUT2D eigenvalue weighted by molar-refractivity contribution is 5.75. The summed E-state index contributed by atoms with van der Waals surface area (Å²) in [6, 6.07) is 4.03. The molecular weight excluding hydrogens is 190 g/mol. The Hall–Kier alpha value is -1.51. The van der Waals surface area contributed by atoms with Gasteiger partial charge in [0.1, 0.15) is 6.54 Å². The number of nitrogens with one attached hydrogen (secondary N) is 1. The van der Waals surface area contributed by atoms with Crippen molar-refractivity contribution in [3.63, 3.8) is 0 Å². The lowest BCUT2D eigenvalue weighted by Gasteiger charge is -2.12. The van der Waals surface area contributed by atoms with E-state index in [2.05, 4.69) is 23.9 Å². The number of carbonyl (C=O) groups is 1.